The highest BCUT2D eigenvalue weighted by Gasteiger charge is 2.72. The van der Waals surface area contributed by atoms with Crippen LogP contribution in [-0.2, 0) is 11.8 Å². The van der Waals surface area contributed by atoms with E-state index in [1.165, 1.54) is 0 Å². The molecule has 0 heterocycles. The maximum absolute atomic E-state index is 9.79. The predicted octanol–water partition coefficient (Wildman–Crippen LogP) is 2.73. The summed E-state index contributed by atoms with van der Waals surface area (Å²) >= 11 is 0. The quantitative estimate of drug-likeness (QED) is 0.725. The van der Waals surface area contributed by atoms with Crippen molar-refractivity contribution in [2.24, 2.45) is 10.8 Å². The second-order valence-corrected chi connectivity index (χ2v) is 5.84. The summed E-state index contributed by atoms with van der Waals surface area (Å²) in [5.41, 5.74) is -1.75. The Bertz CT molecular complexity index is 753. The molecule has 0 aromatic heterocycles. The van der Waals surface area contributed by atoms with Gasteiger partial charge in [0, 0.05) is 5.41 Å². The third kappa shape index (κ3) is 1.21. The summed E-state index contributed by atoms with van der Waals surface area (Å²) in [4.78, 5) is 0. The van der Waals surface area contributed by atoms with Crippen LogP contribution >= 0.6 is 0 Å². The standard InChI is InChI=1S/C17H12N4/c18-9-15(10-19)7-8-16(17(15,11-20)12-21)6-5-13-3-1-2-4-14(13)16/h1-4H,5-8H2. The Labute approximate surface area is 123 Å². The second kappa shape index (κ2) is 4.09. The van der Waals surface area contributed by atoms with Gasteiger partial charge < -0.3 is 0 Å². The second-order valence-electron chi connectivity index (χ2n) is 5.84. The van der Waals surface area contributed by atoms with Crippen LogP contribution in [0.5, 0.6) is 0 Å². The fourth-order valence-electron chi connectivity index (χ4n) is 4.26. The van der Waals surface area contributed by atoms with Crippen molar-refractivity contribution in [1.82, 2.24) is 0 Å². The van der Waals surface area contributed by atoms with E-state index in [0.717, 1.165) is 17.5 Å². The van der Waals surface area contributed by atoms with Crippen LogP contribution in [0.1, 0.15) is 30.4 Å². The van der Waals surface area contributed by atoms with Gasteiger partial charge in [-0.05, 0) is 36.8 Å². The van der Waals surface area contributed by atoms with Gasteiger partial charge in [0.05, 0.1) is 24.3 Å². The van der Waals surface area contributed by atoms with E-state index in [2.05, 4.69) is 12.1 Å². The Morgan fingerprint density at radius 3 is 2.10 bits per heavy atom. The summed E-state index contributed by atoms with van der Waals surface area (Å²) in [6.07, 6.45) is 2.24. The van der Waals surface area contributed by atoms with Crippen LogP contribution in [0.25, 0.3) is 0 Å². The van der Waals surface area contributed by atoms with Crippen molar-refractivity contribution >= 4 is 0 Å². The molecule has 1 atom stereocenters. The maximum Gasteiger partial charge on any atom is 0.184 e. The number of nitriles is 4. The van der Waals surface area contributed by atoms with Gasteiger partial charge >= 0.3 is 0 Å². The zero-order valence-electron chi connectivity index (χ0n) is 11.4. The van der Waals surface area contributed by atoms with Crippen LogP contribution in [-0.4, -0.2) is 0 Å². The highest BCUT2D eigenvalue weighted by atomic mass is 14.7. The van der Waals surface area contributed by atoms with Gasteiger partial charge in [0.1, 0.15) is 0 Å². The van der Waals surface area contributed by atoms with Crippen LogP contribution in [0.15, 0.2) is 24.3 Å². The van der Waals surface area contributed by atoms with Gasteiger partial charge in [0.2, 0.25) is 0 Å². The number of hydrogen-bond donors (Lipinski definition) is 0. The molecule has 1 aromatic rings. The summed E-state index contributed by atoms with van der Waals surface area (Å²) in [7, 11) is 0. The zero-order chi connectivity index (χ0) is 15.1. The normalized spacial score (nSPS) is 27.0. The molecule has 0 N–H and O–H groups in total. The van der Waals surface area contributed by atoms with Crippen molar-refractivity contribution in [3.05, 3.63) is 35.4 Å². The molecule has 4 heteroatoms. The summed E-state index contributed by atoms with van der Waals surface area (Å²) in [5, 5.41) is 38.6. The van der Waals surface area contributed by atoms with Gasteiger partial charge in [-0.3, -0.25) is 0 Å². The summed E-state index contributed by atoms with van der Waals surface area (Å²) in [6.45, 7) is 0. The van der Waals surface area contributed by atoms with Crippen molar-refractivity contribution < 1.29 is 0 Å². The van der Waals surface area contributed by atoms with E-state index in [-0.39, 0.29) is 6.42 Å². The highest BCUT2D eigenvalue weighted by Crippen LogP contribution is 2.66. The minimum Gasteiger partial charge on any atom is -0.196 e. The lowest BCUT2D eigenvalue weighted by Crippen LogP contribution is -2.46. The van der Waals surface area contributed by atoms with Gasteiger partial charge in [0.25, 0.3) is 0 Å². The van der Waals surface area contributed by atoms with Crippen LogP contribution in [0.2, 0.25) is 0 Å². The molecule has 100 valence electrons. The molecule has 0 radical (unpaired) electrons. The maximum atomic E-state index is 9.79. The molecule has 0 amide bonds. The minimum absolute atomic E-state index is 0.273. The number of nitrogens with zero attached hydrogens (tertiary/aromatic N) is 4. The summed E-state index contributed by atoms with van der Waals surface area (Å²) in [5.74, 6) is 0. The van der Waals surface area contributed by atoms with Gasteiger partial charge in [-0.2, -0.15) is 21.0 Å². The smallest absolute Gasteiger partial charge is 0.184 e. The summed E-state index contributed by atoms with van der Waals surface area (Å²) < 4.78 is 0. The molecule has 21 heavy (non-hydrogen) atoms. The average molecular weight is 272 g/mol. The number of rotatable bonds is 0. The third-order valence-electron chi connectivity index (χ3n) is 5.36. The first-order chi connectivity index (χ1) is 10.2. The monoisotopic (exact) mass is 272 g/mol. The van der Waals surface area contributed by atoms with Crippen LogP contribution in [0.4, 0.5) is 0 Å². The molecular weight excluding hydrogens is 260 g/mol. The molecule has 1 unspecified atom stereocenters. The molecule has 1 aromatic carbocycles. The zero-order valence-corrected chi connectivity index (χ0v) is 11.4. The van der Waals surface area contributed by atoms with E-state index in [1.54, 1.807) is 0 Å². The van der Waals surface area contributed by atoms with Crippen molar-refractivity contribution in [2.75, 3.05) is 0 Å². The predicted molar refractivity (Wildman–Crippen MR) is 73.0 cm³/mol. The lowest BCUT2D eigenvalue weighted by molar-refractivity contribution is 0.231. The van der Waals surface area contributed by atoms with Crippen LogP contribution in [0.3, 0.4) is 0 Å². The van der Waals surface area contributed by atoms with Crippen molar-refractivity contribution in [3.8, 4) is 24.3 Å². The average Bonchev–Trinajstić information content (AvgIpc) is 3.06. The number of hydrogen-bond acceptors (Lipinski definition) is 4. The van der Waals surface area contributed by atoms with E-state index >= 15 is 0 Å². The van der Waals surface area contributed by atoms with Crippen molar-refractivity contribution in [3.63, 3.8) is 0 Å². The van der Waals surface area contributed by atoms with E-state index in [4.69, 9.17) is 0 Å². The first-order valence-corrected chi connectivity index (χ1v) is 6.89. The lowest BCUT2D eigenvalue weighted by atomic mass is 9.56. The molecule has 1 fully saturated rings. The van der Waals surface area contributed by atoms with Crippen molar-refractivity contribution in [2.45, 2.75) is 31.1 Å². The molecule has 1 saturated carbocycles. The largest absolute Gasteiger partial charge is 0.196 e. The Balaban J connectivity index is 2.34. The molecule has 0 bridgehead atoms. The SMILES string of the molecule is N#CC1(C#N)CCC2(CCc3ccccc32)C1(C#N)C#N. The van der Waals surface area contributed by atoms with Crippen molar-refractivity contribution in [1.29, 1.82) is 21.0 Å². The highest BCUT2D eigenvalue weighted by molar-refractivity contribution is 5.53. The lowest BCUT2D eigenvalue weighted by Gasteiger charge is -2.37. The number of fused-ring (bicyclic) bond motifs is 2. The van der Waals surface area contributed by atoms with Gasteiger partial charge in [-0.25, -0.2) is 0 Å². The molecular formula is C17H12N4. The van der Waals surface area contributed by atoms with E-state index in [1.807, 2.05) is 36.4 Å². The Morgan fingerprint density at radius 1 is 0.810 bits per heavy atom. The molecule has 0 saturated heterocycles. The third-order valence-corrected chi connectivity index (χ3v) is 5.36. The van der Waals surface area contributed by atoms with Crippen LogP contribution < -0.4 is 0 Å². The summed E-state index contributed by atoms with van der Waals surface area (Å²) in [6, 6.07) is 15.9. The van der Waals surface area contributed by atoms with Gasteiger partial charge in [0.15, 0.2) is 10.8 Å². The Kier molecular flexibility index (Phi) is 2.56. The minimum atomic E-state index is -1.60. The molecule has 1 spiro atoms. The van der Waals surface area contributed by atoms with Crippen LogP contribution in [0, 0.1) is 56.2 Å². The molecule has 2 aliphatic rings. The fourth-order valence-corrected chi connectivity index (χ4v) is 4.26. The van der Waals surface area contributed by atoms with Gasteiger partial charge in [-0.1, -0.05) is 24.3 Å². The first kappa shape index (κ1) is 13.2. The van der Waals surface area contributed by atoms with E-state index in [9.17, 15) is 21.0 Å². The Morgan fingerprint density at radius 2 is 1.48 bits per heavy atom. The molecule has 2 aliphatic carbocycles. The van der Waals surface area contributed by atoms with Gasteiger partial charge in [-0.15, -0.1) is 0 Å². The number of benzene rings is 1. The van der Waals surface area contributed by atoms with E-state index in [0.29, 0.717) is 12.8 Å². The number of aryl methyl sites for hydroxylation is 1. The molecule has 4 nitrogen and oxygen atoms in total. The fraction of sp³-hybridized carbons (Fsp3) is 0.412. The molecule has 0 aliphatic heterocycles. The Hall–Kier alpha value is -2.82. The molecule has 3 rings (SSSR count). The topological polar surface area (TPSA) is 95.2 Å². The van der Waals surface area contributed by atoms with E-state index < -0.39 is 16.2 Å². The first-order valence-electron chi connectivity index (χ1n) is 6.89.